The van der Waals surface area contributed by atoms with Gasteiger partial charge in [0.15, 0.2) is 6.29 Å². The Morgan fingerprint density at radius 3 is 2.80 bits per heavy atom. The van der Waals surface area contributed by atoms with Gasteiger partial charge in [-0.05, 0) is 18.6 Å². The van der Waals surface area contributed by atoms with Crippen molar-refractivity contribution in [3.8, 4) is 0 Å². The Kier molecular flexibility index (Phi) is 4.63. The van der Waals surface area contributed by atoms with E-state index < -0.39 is 0 Å². The van der Waals surface area contributed by atoms with Gasteiger partial charge in [0, 0.05) is 19.3 Å². The number of carbonyl (C=O) groups is 1. The van der Waals surface area contributed by atoms with E-state index in [4.69, 9.17) is 11.6 Å². The zero-order chi connectivity index (χ0) is 11.3. The smallest absolute Gasteiger partial charge is 0.153 e. The highest BCUT2D eigenvalue weighted by Crippen LogP contribution is 2.25. The van der Waals surface area contributed by atoms with E-state index in [-0.39, 0.29) is 0 Å². The second kappa shape index (κ2) is 5.76. The topological polar surface area (TPSA) is 20.3 Å². The predicted molar refractivity (Wildman–Crippen MR) is 65.0 cm³/mol. The Labute approximate surface area is 95.8 Å². The summed E-state index contributed by atoms with van der Waals surface area (Å²) in [5, 5.41) is 0.519. The van der Waals surface area contributed by atoms with Gasteiger partial charge in [0.2, 0.25) is 0 Å². The van der Waals surface area contributed by atoms with Crippen molar-refractivity contribution < 1.29 is 4.79 Å². The summed E-state index contributed by atoms with van der Waals surface area (Å²) in [4.78, 5) is 13.0. The number of hydrogen-bond donors (Lipinski definition) is 0. The van der Waals surface area contributed by atoms with Gasteiger partial charge in [-0.1, -0.05) is 31.0 Å². The fourth-order valence-electron chi connectivity index (χ4n) is 1.49. The summed E-state index contributed by atoms with van der Waals surface area (Å²) in [5.74, 6) is 0. The third-order valence-corrected chi connectivity index (χ3v) is 2.74. The molecule has 2 nitrogen and oxygen atoms in total. The van der Waals surface area contributed by atoms with Gasteiger partial charge in [-0.3, -0.25) is 4.79 Å². The third-order valence-electron chi connectivity index (χ3n) is 2.41. The van der Waals surface area contributed by atoms with Crippen molar-refractivity contribution in [2.75, 3.05) is 18.5 Å². The molecule has 0 N–H and O–H groups in total. The van der Waals surface area contributed by atoms with Gasteiger partial charge in [0.1, 0.15) is 0 Å². The average molecular weight is 226 g/mol. The number of benzene rings is 1. The Hall–Kier alpha value is -1.02. The minimum atomic E-state index is 0.519. The van der Waals surface area contributed by atoms with Crippen LogP contribution in [0.15, 0.2) is 18.2 Å². The first-order chi connectivity index (χ1) is 7.20. The van der Waals surface area contributed by atoms with Crippen molar-refractivity contribution >= 4 is 23.6 Å². The molecule has 1 rings (SSSR count). The molecule has 0 saturated heterocycles. The van der Waals surface area contributed by atoms with E-state index in [0.717, 1.165) is 31.4 Å². The van der Waals surface area contributed by atoms with Gasteiger partial charge in [-0.15, -0.1) is 0 Å². The van der Waals surface area contributed by atoms with Crippen LogP contribution in [0.3, 0.4) is 0 Å². The molecule has 3 heteroatoms. The van der Waals surface area contributed by atoms with Gasteiger partial charge in [-0.25, -0.2) is 0 Å². The first-order valence-corrected chi connectivity index (χ1v) is 5.53. The first kappa shape index (κ1) is 12.1. The van der Waals surface area contributed by atoms with Gasteiger partial charge >= 0.3 is 0 Å². The van der Waals surface area contributed by atoms with E-state index in [9.17, 15) is 4.79 Å². The van der Waals surface area contributed by atoms with Gasteiger partial charge in [-0.2, -0.15) is 0 Å². The number of rotatable bonds is 5. The molecule has 0 saturated carbocycles. The molecular weight excluding hydrogens is 210 g/mol. The molecule has 0 aliphatic rings. The summed E-state index contributed by atoms with van der Waals surface area (Å²) in [6.07, 6.45) is 3.07. The molecule has 1 aromatic rings. The Morgan fingerprint density at radius 2 is 2.20 bits per heavy atom. The van der Waals surface area contributed by atoms with Crippen LogP contribution < -0.4 is 4.90 Å². The van der Waals surface area contributed by atoms with E-state index in [1.807, 2.05) is 19.2 Å². The Morgan fingerprint density at radius 1 is 1.47 bits per heavy atom. The summed E-state index contributed by atoms with van der Waals surface area (Å²) in [5.41, 5.74) is 1.49. The Bertz CT molecular complexity index is 338. The van der Waals surface area contributed by atoms with E-state index >= 15 is 0 Å². The van der Waals surface area contributed by atoms with Crippen molar-refractivity contribution in [1.29, 1.82) is 0 Å². The number of anilines is 1. The highest BCUT2D eigenvalue weighted by molar-refractivity contribution is 6.33. The van der Waals surface area contributed by atoms with Gasteiger partial charge in [0.05, 0.1) is 10.6 Å². The molecule has 0 spiro atoms. The maximum atomic E-state index is 10.9. The lowest BCUT2D eigenvalue weighted by Crippen LogP contribution is -2.19. The van der Waals surface area contributed by atoms with Crippen LogP contribution in [-0.2, 0) is 0 Å². The quantitative estimate of drug-likeness (QED) is 0.716. The largest absolute Gasteiger partial charge is 0.374 e. The molecule has 0 aliphatic carbocycles. The zero-order valence-corrected chi connectivity index (χ0v) is 9.92. The zero-order valence-electron chi connectivity index (χ0n) is 9.16. The van der Waals surface area contributed by atoms with E-state index in [2.05, 4.69) is 11.8 Å². The molecule has 82 valence electrons. The summed E-state index contributed by atoms with van der Waals surface area (Å²) < 4.78 is 0. The fourth-order valence-corrected chi connectivity index (χ4v) is 1.71. The number of hydrogen-bond acceptors (Lipinski definition) is 2. The lowest BCUT2D eigenvalue weighted by Gasteiger charge is -2.21. The van der Waals surface area contributed by atoms with Crippen LogP contribution in [0.5, 0.6) is 0 Å². The fraction of sp³-hybridized carbons (Fsp3) is 0.417. The van der Waals surface area contributed by atoms with Crippen LogP contribution in [0.1, 0.15) is 30.1 Å². The van der Waals surface area contributed by atoms with E-state index in [1.165, 1.54) is 0 Å². The molecular formula is C12H16ClNO. The normalized spacial score (nSPS) is 10.1. The standard InChI is InChI=1S/C12H16ClNO/c1-3-4-8-14(2)12-7-5-6-11(13)10(12)9-15/h5-7,9H,3-4,8H2,1-2H3. The van der Waals surface area contributed by atoms with E-state index in [1.54, 1.807) is 6.07 Å². The van der Waals surface area contributed by atoms with Crippen LogP contribution >= 0.6 is 11.6 Å². The average Bonchev–Trinajstić information content (AvgIpc) is 2.25. The number of nitrogens with zero attached hydrogens (tertiary/aromatic N) is 1. The molecule has 0 unspecified atom stereocenters. The van der Waals surface area contributed by atoms with E-state index in [0.29, 0.717) is 10.6 Å². The summed E-state index contributed by atoms with van der Waals surface area (Å²) in [6, 6.07) is 5.53. The molecule has 0 heterocycles. The summed E-state index contributed by atoms with van der Waals surface area (Å²) in [6.45, 7) is 3.09. The number of unbranched alkanes of at least 4 members (excludes halogenated alkanes) is 1. The summed E-state index contributed by atoms with van der Waals surface area (Å²) >= 11 is 5.95. The van der Waals surface area contributed by atoms with Crippen LogP contribution in [0.2, 0.25) is 5.02 Å². The molecule has 1 aromatic carbocycles. The molecule has 0 bridgehead atoms. The van der Waals surface area contributed by atoms with Crippen LogP contribution in [0.25, 0.3) is 0 Å². The molecule has 0 amide bonds. The highest BCUT2D eigenvalue weighted by Gasteiger charge is 2.09. The molecule has 0 radical (unpaired) electrons. The molecule has 0 fully saturated rings. The van der Waals surface area contributed by atoms with Crippen LogP contribution in [-0.4, -0.2) is 19.9 Å². The van der Waals surface area contributed by atoms with Crippen molar-refractivity contribution in [1.82, 2.24) is 0 Å². The lowest BCUT2D eigenvalue weighted by atomic mass is 10.1. The number of carbonyl (C=O) groups excluding carboxylic acids is 1. The summed E-state index contributed by atoms with van der Waals surface area (Å²) in [7, 11) is 1.98. The second-order valence-electron chi connectivity index (χ2n) is 3.57. The second-order valence-corrected chi connectivity index (χ2v) is 3.97. The van der Waals surface area contributed by atoms with Gasteiger partial charge in [0.25, 0.3) is 0 Å². The Balaban J connectivity index is 2.92. The SMILES string of the molecule is CCCCN(C)c1cccc(Cl)c1C=O. The molecule has 0 atom stereocenters. The number of halogens is 1. The van der Waals surface area contributed by atoms with Crippen molar-refractivity contribution in [2.45, 2.75) is 19.8 Å². The predicted octanol–water partition coefficient (Wildman–Crippen LogP) is 3.39. The monoisotopic (exact) mass is 225 g/mol. The maximum absolute atomic E-state index is 10.9. The number of aldehydes is 1. The van der Waals surface area contributed by atoms with Crippen LogP contribution in [0.4, 0.5) is 5.69 Å². The van der Waals surface area contributed by atoms with Crippen LogP contribution in [0, 0.1) is 0 Å². The maximum Gasteiger partial charge on any atom is 0.153 e. The first-order valence-electron chi connectivity index (χ1n) is 5.15. The lowest BCUT2D eigenvalue weighted by molar-refractivity contribution is 0.112. The van der Waals surface area contributed by atoms with Crippen molar-refractivity contribution in [3.63, 3.8) is 0 Å². The van der Waals surface area contributed by atoms with Gasteiger partial charge < -0.3 is 4.90 Å². The highest BCUT2D eigenvalue weighted by atomic mass is 35.5. The van der Waals surface area contributed by atoms with Crippen molar-refractivity contribution in [2.24, 2.45) is 0 Å². The molecule has 0 aromatic heterocycles. The van der Waals surface area contributed by atoms with Crippen molar-refractivity contribution in [3.05, 3.63) is 28.8 Å². The third kappa shape index (κ3) is 2.96. The minimum absolute atomic E-state index is 0.519. The molecule has 15 heavy (non-hydrogen) atoms. The molecule has 0 aliphatic heterocycles. The minimum Gasteiger partial charge on any atom is -0.374 e.